The predicted molar refractivity (Wildman–Crippen MR) is 138 cm³/mol. The first-order valence-corrected chi connectivity index (χ1v) is 12.2. The Morgan fingerprint density at radius 2 is 1.72 bits per heavy atom. The molecule has 1 fully saturated rings. The van der Waals surface area contributed by atoms with Crippen molar-refractivity contribution < 1.29 is 19.4 Å². The van der Waals surface area contributed by atoms with E-state index in [1.807, 2.05) is 55.5 Å². The van der Waals surface area contributed by atoms with E-state index in [9.17, 15) is 14.7 Å². The van der Waals surface area contributed by atoms with Crippen LogP contribution in [0.3, 0.4) is 0 Å². The number of carbonyl (C=O) groups excluding carboxylic acids is 2. The second-order valence-electron chi connectivity index (χ2n) is 8.65. The second-order valence-corrected chi connectivity index (χ2v) is 8.65. The van der Waals surface area contributed by atoms with Gasteiger partial charge in [-0.3, -0.25) is 9.59 Å². The number of aromatic nitrogens is 2. The molecule has 1 N–H and O–H groups in total. The summed E-state index contributed by atoms with van der Waals surface area (Å²) in [6.45, 7) is 8.55. The predicted octanol–water partition coefficient (Wildman–Crippen LogP) is 3.95. The molecule has 8 heteroatoms. The lowest BCUT2D eigenvalue weighted by Crippen LogP contribution is -2.38. The molecular formula is C28H32N4O4. The number of Topliss-reactive ketones (excluding diaryl/α,β-unsaturated/α-hetero) is 1. The number of hydrogen-bond donors (Lipinski definition) is 1. The Bertz CT molecular complexity index is 1280. The van der Waals surface area contributed by atoms with Crippen LogP contribution >= 0.6 is 0 Å². The van der Waals surface area contributed by atoms with E-state index in [2.05, 4.69) is 23.8 Å². The normalized spacial score (nSPS) is 17.2. The average Bonchev–Trinajstić information content (AvgIpc) is 3.41. The molecule has 0 radical (unpaired) electrons. The lowest BCUT2D eigenvalue weighted by atomic mass is 9.94. The fourth-order valence-corrected chi connectivity index (χ4v) is 4.73. The first kappa shape index (κ1) is 25.2. The highest BCUT2D eigenvalue weighted by Gasteiger charge is 2.47. The van der Waals surface area contributed by atoms with Crippen molar-refractivity contribution in [3.63, 3.8) is 0 Å². The van der Waals surface area contributed by atoms with Crippen LogP contribution in [0.25, 0.3) is 11.4 Å². The number of nitrogens with zero attached hydrogens (tertiary/aromatic N) is 4. The molecule has 188 valence electrons. The largest absolute Gasteiger partial charge is 0.507 e. The molecule has 0 aliphatic carbocycles. The quantitative estimate of drug-likeness (QED) is 0.279. The Kier molecular flexibility index (Phi) is 7.55. The van der Waals surface area contributed by atoms with E-state index in [0.29, 0.717) is 35.7 Å². The molecule has 0 bridgehead atoms. The molecule has 0 spiro atoms. The van der Waals surface area contributed by atoms with Crippen molar-refractivity contribution in [1.29, 1.82) is 0 Å². The van der Waals surface area contributed by atoms with Gasteiger partial charge in [-0.2, -0.15) is 5.10 Å². The summed E-state index contributed by atoms with van der Waals surface area (Å²) in [7, 11) is 1.55. The zero-order chi connectivity index (χ0) is 25.8. The number of hydrogen-bond acceptors (Lipinski definition) is 6. The molecule has 36 heavy (non-hydrogen) atoms. The van der Waals surface area contributed by atoms with Gasteiger partial charge in [0.05, 0.1) is 41.9 Å². The fraction of sp³-hybridized carbons (Fsp3) is 0.321. The first-order valence-electron chi connectivity index (χ1n) is 12.2. The lowest BCUT2D eigenvalue weighted by molar-refractivity contribution is -0.140. The van der Waals surface area contributed by atoms with E-state index in [1.54, 1.807) is 22.8 Å². The third-order valence-corrected chi connectivity index (χ3v) is 6.79. The van der Waals surface area contributed by atoms with Gasteiger partial charge in [0, 0.05) is 18.7 Å². The molecule has 3 aromatic rings. The first-order chi connectivity index (χ1) is 17.4. The van der Waals surface area contributed by atoms with Gasteiger partial charge in [-0.05, 0) is 38.2 Å². The van der Waals surface area contributed by atoms with E-state index >= 15 is 0 Å². The van der Waals surface area contributed by atoms with Crippen molar-refractivity contribution in [2.24, 2.45) is 0 Å². The number of likely N-dealkylation sites (N-methyl/N-ethyl adjacent to an activating group) is 1. The molecule has 2 heterocycles. The van der Waals surface area contributed by atoms with E-state index in [4.69, 9.17) is 4.74 Å². The molecule has 8 nitrogen and oxygen atoms in total. The topological polar surface area (TPSA) is 87.9 Å². The summed E-state index contributed by atoms with van der Waals surface area (Å²) in [5.74, 6) is -1.04. The number of carbonyl (C=O) groups is 2. The van der Waals surface area contributed by atoms with Crippen molar-refractivity contribution in [3.05, 3.63) is 83.2 Å². The maximum atomic E-state index is 13.4. The van der Waals surface area contributed by atoms with Gasteiger partial charge in [-0.25, -0.2) is 4.68 Å². The number of rotatable bonds is 9. The van der Waals surface area contributed by atoms with Crippen LogP contribution in [0.5, 0.6) is 5.75 Å². The standard InChI is InChI=1S/C28H32N4O4/c1-5-30(6-2)16-17-31-25(21-14-10-11-15-23(21)36-4)24(27(34)28(31)35)26(33)22-18-29-32(19(22)3)20-12-8-7-9-13-20/h7-15,18,25,33H,5-6,16-17H2,1-4H3/b26-24+. The molecular weight excluding hydrogens is 456 g/mol. The minimum atomic E-state index is -0.781. The molecule has 4 rings (SSSR count). The van der Waals surface area contributed by atoms with Gasteiger partial charge in [0.15, 0.2) is 0 Å². The van der Waals surface area contributed by atoms with Crippen molar-refractivity contribution in [1.82, 2.24) is 19.6 Å². The number of ketones is 1. The van der Waals surface area contributed by atoms with Gasteiger partial charge in [-0.15, -0.1) is 0 Å². The van der Waals surface area contributed by atoms with Crippen LogP contribution in [0, 0.1) is 6.92 Å². The van der Waals surface area contributed by atoms with Gasteiger partial charge in [0.25, 0.3) is 11.7 Å². The average molecular weight is 489 g/mol. The molecule has 0 saturated carbocycles. The van der Waals surface area contributed by atoms with E-state index in [0.717, 1.165) is 18.8 Å². The van der Waals surface area contributed by atoms with Crippen LogP contribution in [-0.2, 0) is 9.59 Å². The number of aliphatic hydroxyl groups excluding tert-OH is 1. The lowest BCUT2D eigenvalue weighted by Gasteiger charge is -2.29. The minimum absolute atomic E-state index is 0.0414. The number of para-hydroxylation sites is 2. The van der Waals surface area contributed by atoms with E-state index in [-0.39, 0.29) is 11.3 Å². The Hall–Kier alpha value is -3.91. The summed E-state index contributed by atoms with van der Waals surface area (Å²) in [5.41, 5.74) is 2.58. The van der Waals surface area contributed by atoms with Crippen molar-refractivity contribution >= 4 is 17.4 Å². The summed E-state index contributed by atoms with van der Waals surface area (Å²) in [4.78, 5) is 30.4. The Morgan fingerprint density at radius 3 is 2.39 bits per heavy atom. The van der Waals surface area contributed by atoms with Crippen LogP contribution in [0.15, 0.2) is 66.4 Å². The number of amides is 1. The molecule has 1 saturated heterocycles. The molecule has 1 amide bonds. The zero-order valence-corrected chi connectivity index (χ0v) is 21.1. The summed E-state index contributed by atoms with van der Waals surface area (Å²) in [6, 6.07) is 16.0. The maximum Gasteiger partial charge on any atom is 0.295 e. The smallest absolute Gasteiger partial charge is 0.295 e. The highest BCUT2D eigenvalue weighted by molar-refractivity contribution is 6.46. The monoisotopic (exact) mass is 488 g/mol. The van der Waals surface area contributed by atoms with Gasteiger partial charge in [0.2, 0.25) is 0 Å². The number of methoxy groups -OCH3 is 1. The van der Waals surface area contributed by atoms with Crippen LogP contribution < -0.4 is 4.74 Å². The van der Waals surface area contributed by atoms with Gasteiger partial charge < -0.3 is 19.6 Å². The van der Waals surface area contributed by atoms with Crippen molar-refractivity contribution in [2.45, 2.75) is 26.8 Å². The third-order valence-electron chi connectivity index (χ3n) is 6.79. The molecule has 1 unspecified atom stereocenters. The zero-order valence-electron chi connectivity index (χ0n) is 21.1. The third kappa shape index (κ3) is 4.52. The molecule has 2 aromatic carbocycles. The van der Waals surface area contributed by atoms with Crippen LogP contribution in [-0.4, -0.2) is 69.7 Å². The summed E-state index contributed by atoms with van der Waals surface area (Å²) in [5, 5.41) is 15.9. The van der Waals surface area contributed by atoms with Crippen molar-refractivity contribution in [3.8, 4) is 11.4 Å². The van der Waals surface area contributed by atoms with Gasteiger partial charge >= 0.3 is 0 Å². The van der Waals surface area contributed by atoms with Crippen LogP contribution in [0.2, 0.25) is 0 Å². The summed E-state index contributed by atoms with van der Waals surface area (Å²) in [6.07, 6.45) is 1.53. The maximum absolute atomic E-state index is 13.4. The van der Waals surface area contributed by atoms with E-state index in [1.165, 1.54) is 6.20 Å². The van der Waals surface area contributed by atoms with Gasteiger partial charge in [-0.1, -0.05) is 50.2 Å². The molecule has 1 aliphatic rings. The van der Waals surface area contributed by atoms with Crippen molar-refractivity contribution in [2.75, 3.05) is 33.3 Å². The Morgan fingerprint density at radius 1 is 1.06 bits per heavy atom. The summed E-state index contributed by atoms with van der Waals surface area (Å²) >= 11 is 0. The summed E-state index contributed by atoms with van der Waals surface area (Å²) < 4.78 is 7.28. The number of ether oxygens (including phenoxy) is 1. The molecule has 1 atom stereocenters. The van der Waals surface area contributed by atoms with Gasteiger partial charge in [0.1, 0.15) is 11.5 Å². The highest BCUT2D eigenvalue weighted by atomic mass is 16.5. The molecule has 1 aliphatic heterocycles. The Labute approximate surface area is 211 Å². The van der Waals surface area contributed by atoms with Crippen LogP contribution in [0.4, 0.5) is 0 Å². The number of benzene rings is 2. The van der Waals surface area contributed by atoms with Crippen LogP contribution in [0.1, 0.15) is 36.7 Å². The highest BCUT2D eigenvalue weighted by Crippen LogP contribution is 2.42. The second kappa shape index (κ2) is 10.8. The Balaban J connectivity index is 1.85. The SMILES string of the molecule is CCN(CC)CCN1C(=O)C(=O)/C(=C(/O)c2cnn(-c3ccccc3)c2C)C1c1ccccc1OC. The van der Waals surface area contributed by atoms with E-state index < -0.39 is 17.7 Å². The number of likely N-dealkylation sites (tertiary alicyclic amines) is 1. The fourth-order valence-electron chi connectivity index (χ4n) is 4.73. The number of aliphatic hydroxyl groups is 1. The molecule has 1 aromatic heterocycles. The minimum Gasteiger partial charge on any atom is -0.507 e.